The highest BCUT2D eigenvalue weighted by atomic mass is 35.5. The molecule has 0 radical (unpaired) electrons. The minimum atomic E-state index is -0.301. The molecule has 3 amide bonds. The summed E-state index contributed by atoms with van der Waals surface area (Å²) in [4.78, 5) is 39.1. The van der Waals surface area contributed by atoms with Gasteiger partial charge in [-0.05, 0) is 55.5 Å². The van der Waals surface area contributed by atoms with Crippen molar-refractivity contribution >= 4 is 45.1 Å². The van der Waals surface area contributed by atoms with Crippen molar-refractivity contribution in [3.63, 3.8) is 0 Å². The maximum absolute atomic E-state index is 13.0. The Kier molecular flexibility index (Phi) is 6.41. The highest BCUT2D eigenvalue weighted by molar-refractivity contribution is 7.19. The number of carbonyl (C=O) groups is 2. The van der Waals surface area contributed by atoms with Crippen molar-refractivity contribution < 1.29 is 14.3 Å². The maximum Gasteiger partial charge on any atom is 0.327 e. The molecule has 1 aromatic carbocycles. The van der Waals surface area contributed by atoms with Gasteiger partial charge < -0.3 is 15.0 Å². The number of thiophene rings is 1. The lowest BCUT2D eigenvalue weighted by atomic mass is 9.94. The van der Waals surface area contributed by atoms with E-state index in [4.69, 9.17) is 16.3 Å². The van der Waals surface area contributed by atoms with Crippen LogP contribution in [0.15, 0.2) is 24.5 Å². The van der Waals surface area contributed by atoms with E-state index in [2.05, 4.69) is 22.2 Å². The Hall–Kier alpha value is -2.59. The van der Waals surface area contributed by atoms with Gasteiger partial charge in [0, 0.05) is 41.5 Å². The molecule has 2 unspecified atom stereocenters. The van der Waals surface area contributed by atoms with E-state index >= 15 is 0 Å². The van der Waals surface area contributed by atoms with Crippen LogP contribution in [-0.4, -0.2) is 70.1 Å². The summed E-state index contributed by atoms with van der Waals surface area (Å²) in [5.41, 5.74) is 4.85. The highest BCUT2D eigenvalue weighted by Crippen LogP contribution is 2.38. The largest absolute Gasteiger partial charge is 0.375 e. The Morgan fingerprint density at radius 2 is 2.11 bits per heavy atom. The molecule has 8 nitrogen and oxygen atoms in total. The molecule has 0 spiro atoms. The molecule has 3 fully saturated rings. The molecule has 3 aliphatic heterocycles. The van der Waals surface area contributed by atoms with Crippen LogP contribution in [0.4, 0.5) is 4.79 Å². The Morgan fingerprint density at radius 3 is 2.92 bits per heavy atom. The van der Waals surface area contributed by atoms with Crippen LogP contribution in [-0.2, 0) is 22.5 Å². The number of morpholine rings is 1. The number of amides is 3. The third-order valence-corrected chi connectivity index (χ3v) is 8.67. The molecule has 3 aliphatic rings. The molecule has 10 heteroatoms. The first-order valence-corrected chi connectivity index (χ1v) is 13.7. The number of imide groups is 1. The smallest absolute Gasteiger partial charge is 0.327 e. The van der Waals surface area contributed by atoms with E-state index in [1.165, 1.54) is 16.2 Å². The van der Waals surface area contributed by atoms with Gasteiger partial charge in [0.1, 0.15) is 12.4 Å². The van der Waals surface area contributed by atoms with Crippen LogP contribution < -0.4 is 5.32 Å². The van der Waals surface area contributed by atoms with Gasteiger partial charge in [-0.25, -0.2) is 14.8 Å². The molecule has 6 rings (SSSR count). The van der Waals surface area contributed by atoms with E-state index < -0.39 is 0 Å². The number of fused-ring (bicyclic) bond motifs is 2. The number of benzene rings is 1. The van der Waals surface area contributed by atoms with E-state index in [1.807, 2.05) is 18.2 Å². The molecule has 0 aliphatic carbocycles. The second-order valence-electron chi connectivity index (χ2n) is 9.71. The average Bonchev–Trinajstić information content (AvgIpc) is 3.41. The summed E-state index contributed by atoms with van der Waals surface area (Å²) in [6.45, 7) is 5.36. The van der Waals surface area contributed by atoms with E-state index in [0.29, 0.717) is 18.2 Å². The number of aryl methyl sites for hydroxylation is 1. The summed E-state index contributed by atoms with van der Waals surface area (Å²) in [7, 11) is 0. The molecule has 2 atom stereocenters. The van der Waals surface area contributed by atoms with Gasteiger partial charge in [0.2, 0.25) is 0 Å². The zero-order valence-electron chi connectivity index (χ0n) is 20.1. The standard InChI is InChI=1S/C26H28ClN5O3S/c1-15-8-16(27)9-20(19(15)10-17-12-28-5-7-35-17)23-24-21(29-14-30-23)11-18(36-24)13-32-25(33)22-4-2-3-6-31(22)26(32)34/h8-9,11,14,17,22,28H,2-7,10,12-13H2,1H3. The first-order valence-electron chi connectivity index (χ1n) is 12.5. The van der Waals surface area contributed by atoms with Crippen molar-refractivity contribution in [2.45, 2.75) is 51.3 Å². The molecule has 1 N–H and O–H groups in total. The molecular formula is C26H28ClN5O3S. The molecule has 0 bridgehead atoms. The van der Waals surface area contributed by atoms with Crippen LogP contribution in [0.1, 0.15) is 35.3 Å². The molecule has 5 heterocycles. The van der Waals surface area contributed by atoms with Gasteiger partial charge in [-0.2, -0.15) is 0 Å². The Labute approximate surface area is 218 Å². The minimum absolute atomic E-state index is 0.0827. The van der Waals surface area contributed by atoms with Gasteiger partial charge in [-0.3, -0.25) is 9.69 Å². The lowest BCUT2D eigenvalue weighted by Crippen LogP contribution is -2.39. The van der Waals surface area contributed by atoms with Gasteiger partial charge in [-0.1, -0.05) is 11.6 Å². The first kappa shape index (κ1) is 23.8. The SMILES string of the molecule is Cc1cc(Cl)cc(-c2ncnc3cc(CN4C(=O)C5CCCCN5C4=O)sc23)c1CC1CNCCO1. The number of carbonyl (C=O) groups excluding carboxylic acids is 2. The third-order valence-electron chi connectivity index (χ3n) is 7.34. The second kappa shape index (κ2) is 9.70. The van der Waals surface area contributed by atoms with Crippen molar-refractivity contribution in [2.24, 2.45) is 0 Å². The van der Waals surface area contributed by atoms with Gasteiger partial charge in [0.15, 0.2) is 0 Å². The van der Waals surface area contributed by atoms with Gasteiger partial charge in [0.25, 0.3) is 5.91 Å². The third kappa shape index (κ3) is 4.28. The van der Waals surface area contributed by atoms with Crippen LogP contribution >= 0.6 is 22.9 Å². The number of piperidine rings is 1. The molecule has 3 saturated heterocycles. The fourth-order valence-electron chi connectivity index (χ4n) is 5.56. The van der Waals surface area contributed by atoms with Crippen molar-refractivity contribution in [1.82, 2.24) is 25.1 Å². The zero-order chi connectivity index (χ0) is 24.8. The predicted octanol–water partition coefficient (Wildman–Crippen LogP) is 4.17. The van der Waals surface area contributed by atoms with E-state index in [1.54, 1.807) is 11.2 Å². The first-order chi connectivity index (χ1) is 17.5. The summed E-state index contributed by atoms with van der Waals surface area (Å²) < 4.78 is 6.91. The van der Waals surface area contributed by atoms with Crippen LogP contribution in [0, 0.1) is 6.92 Å². The number of urea groups is 1. The minimum Gasteiger partial charge on any atom is -0.375 e. The fraction of sp³-hybridized carbons (Fsp3) is 0.462. The molecule has 2 aromatic heterocycles. The molecular weight excluding hydrogens is 498 g/mol. The van der Waals surface area contributed by atoms with Gasteiger partial charge in [-0.15, -0.1) is 11.3 Å². The number of ether oxygens (including phenoxy) is 1. The number of nitrogens with zero attached hydrogens (tertiary/aromatic N) is 4. The Balaban J connectivity index is 1.35. The summed E-state index contributed by atoms with van der Waals surface area (Å²) in [5, 5.41) is 4.06. The van der Waals surface area contributed by atoms with E-state index in [0.717, 1.165) is 76.3 Å². The number of hydrogen-bond donors (Lipinski definition) is 1. The van der Waals surface area contributed by atoms with Crippen molar-refractivity contribution in [3.8, 4) is 11.3 Å². The van der Waals surface area contributed by atoms with Crippen LogP contribution in [0.5, 0.6) is 0 Å². The number of halogens is 1. The number of hydrogen-bond acceptors (Lipinski definition) is 7. The van der Waals surface area contributed by atoms with Crippen molar-refractivity contribution in [2.75, 3.05) is 26.2 Å². The average molecular weight is 526 g/mol. The predicted molar refractivity (Wildman–Crippen MR) is 139 cm³/mol. The normalized spacial score (nSPS) is 22.5. The summed E-state index contributed by atoms with van der Waals surface area (Å²) in [5.74, 6) is -0.0858. The quantitative estimate of drug-likeness (QED) is 0.503. The summed E-state index contributed by atoms with van der Waals surface area (Å²) in [6.07, 6.45) is 5.09. The highest BCUT2D eigenvalue weighted by Gasteiger charge is 2.45. The Morgan fingerprint density at radius 1 is 1.22 bits per heavy atom. The van der Waals surface area contributed by atoms with Gasteiger partial charge >= 0.3 is 6.03 Å². The number of nitrogens with one attached hydrogen (secondary N) is 1. The number of aromatic nitrogens is 2. The summed E-state index contributed by atoms with van der Waals surface area (Å²) >= 11 is 8.04. The molecule has 3 aromatic rings. The van der Waals surface area contributed by atoms with Gasteiger partial charge in [0.05, 0.1) is 35.2 Å². The number of rotatable bonds is 5. The zero-order valence-corrected chi connectivity index (χ0v) is 21.7. The molecule has 36 heavy (non-hydrogen) atoms. The maximum atomic E-state index is 13.0. The van der Waals surface area contributed by atoms with E-state index in [9.17, 15) is 9.59 Å². The van der Waals surface area contributed by atoms with Crippen LogP contribution in [0.2, 0.25) is 5.02 Å². The monoisotopic (exact) mass is 525 g/mol. The van der Waals surface area contributed by atoms with Crippen LogP contribution in [0.25, 0.3) is 21.5 Å². The topological polar surface area (TPSA) is 87.7 Å². The van der Waals surface area contributed by atoms with Crippen LogP contribution in [0.3, 0.4) is 0 Å². The lowest BCUT2D eigenvalue weighted by molar-refractivity contribution is -0.129. The van der Waals surface area contributed by atoms with E-state index in [-0.39, 0.29) is 30.6 Å². The Bertz CT molecular complexity index is 1310. The lowest BCUT2D eigenvalue weighted by Gasteiger charge is -2.26. The second-order valence-corrected chi connectivity index (χ2v) is 11.3. The fourth-order valence-corrected chi connectivity index (χ4v) is 6.93. The molecule has 0 saturated carbocycles. The van der Waals surface area contributed by atoms with Crippen molar-refractivity contribution in [3.05, 3.63) is 45.6 Å². The van der Waals surface area contributed by atoms with Crippen molar-refractivity contribution in [1.29, 1.82) is 0 Å². The molecule has 188 valence electrons. The summed E-state index contributed by atoms with van der Waals surface area (Å²) in [6, 6.07) is 5.43.